The van der Waals surface area contributed by atoms with E-state index in [1.54, 1.807) is 0 Å². The van der Waals surface area contributed by atoms with Gasteiger partial charge in [-0.05, 0) is 57.7 Å². The maximum atomic E-state index is 12.6. The zero-order valence-electron chi connectivity index (χ0n) is 14.4. The first kappa shape index (κ1) is 15.5. The van der Waals surface area contributed by atoms with Crippen LogP contribution in [-0.4, -0.2) is 45.9 Å². The van der Waals surface area contributed by atoms with Gasteiger partial charge in [0.1, 0.15) is 0 Å². The van der Waals surface area contributed by atoms with Gasteiger partial charge in [-0.3, -0.25) is 4.79 Å². The summed E-state index contributed by atoms with van der Waals surface area (Å²) in [5, 5.41) is 3.19. The molecule has 1 N–H and O–H groups in total. The molecule has 2 aromatic rings. The van der Waals surface area contributed by atoms with Gasteiger partial charge in [-0.1, -0.05) is 0 Å². The van der Waals surface area contributed by atoms with E-state index < -0.39 is 0 Å². The molecule has 1 aromatic heterocycles. The zero-order valence-corrected chi connectivity index (χ0v) is 14.4. The van der Waals surface area contributed by atoms with Gasteiger partial charge >= 0.3 is 0 Å². The van der Waals surface area contributed by atoms with Crippen LogP contribution < -0.4 is 5.32 Å². The lowest BCUT2D eigenvalue weighted by molar-refractivity contribution is 0.0909. The predicted octanol–water partition coefficient (Wildman–Crippen LogP) is 2.60. The van der Waals surface area contributed by atoms with E-state index in [-0.39, 0.29) is 11.9 Å². The van der Waals surface area contributed by atoms with E-state index in [4.69, 9.17) is 0 Å². The fourth-order valence-electron chi connectivity index (χ4n) is 3.49. The van der Waals surface area contributed by atoms with Gasteiger partial charge in [-0.25, -0.2) is 9.97 Å². The number of piperidine rings is 1. The fraction of sp³-hybridized carbons (Fsp3) is 0.526. The first-order valence-electron chi connectivity index (χ1n) is 8.90. The molecular formula is C19H24N4O. The van der Waals surface area contributed by atoms with Crippen molar-refractivity contribution >= 4 is 16.9 Å². The molecule has 0 unspecified atom stereocenters. The van der Waals surface area contributed by atoms with E-state index in [0.717, 1.165) is 54.4 Å². The summed E-state index contributed by atoms with van der Waals surface area (Å²) in [6.45, 7) is 6.12. The van der Waals surface area contributed by atoms with Crippen molar-refractivity contribution < 1.29 is 4.79 Å². The number of hydrogen-bond acceptors (Lipinski definition) is 4. The topological polar surface area (TPSA) is 58.1 Å². The number of nitrogens with zero attached hydrogens (tertiary/aromatic N) is 3. The van der Waals surface area contributed by atoms with Crippen LogP contribution in [0.4, 0.5) is 0 Å². The van der Waals surface area contributed by atoms with E-state index in [9.17, 15) is 4.79 Å². The summed E-state index contributed by atoms with van der Waals surface area (Å²) in [7, 11) is 0. The number of amides is 1. The summed E-state index contributed by atoms with van der Waals surface area (Å²) in [6.07, 6.45) is 4.81. The van der Waals surface area contributed by atoms with Crippen molar-refractivity contribution in [2.24, 2.45) is 0 Å². The number of aromatic nitrogens is 2. The smallest absolute Gasteiger partial charge is 0.251 e. The third kappa shape index (κ3) is 3.13. The van der Waals surface area contributed by atoms with Gasteiger partial charge in [0.2, 0.25) is 0 Å². The van der Waals surface area contributed by atoms with Gasteiger partial charge in [-0.15, -0.1) is 0 Å². The summed E-state index contributed by atoms with van der Waals surface area (Å²) in [4.78, 5) is 24.2. The number of carbonyl (C=O) groups is 1. The number of likely N-dealkylation sites (tertiary alicyclic amines) is 1. The second kappa shape index (κ2) is 6.13. The largest absolute Gasteiger partial charge is 0.349 e. The number of carbonyl (C=O) groups excluding carboxylic acids is 1. The molecule has 1 aliphatic carbocycles. The van der Waals surface area contributed by atoms with Crippen LogP contribution in [0.2, 0.25) is 0 Å². The minimum absolute atomic E-state index is 0.00167. The molecule has 1 amide bonds. The third-order valence-electron chi connectivity index (χ3n) is 5.27. The molecule has 0 atom stereocenters. The first-order valence-corrected chi connectivity index (χ1v) is 8.90. The lowest BCUT2D eigenvalue weighted by Crippen LogP contribution is -2.45. The van der Waals surface area contributed by atoms with Gasteiger partial charge in [0, 0.05) is 30.7 Å². The Kier molecular flexibility index (Phi) is 3.96. The lowest BCUT2D eigenvalue weighted by Gasteiger charge is -2.32. The molecule has 126 valence electrons. The minimum Gasteiger partial charge on any atom is -0.349 e. The zero-order chi connectivity index (χ0) is 16.7. The SMILES string of the molecule is Cc1nc2ccc(C(=O)NC3CCN(C4CC4)CC3)cc2nc1C. The molecule has 0 bridgehead atoms. The summed E-state index contributed by atoms with van der Waals surface area (Å²) in [6, 6.07) is 6.70. The van der Waals surface area contributed by atoms with Crippen molar-refractivity contribution in [1.29, 1.82) is 0 Å². The monoisotopic (exact) mass is 324 g/mol. The Bertz CT molecular complexity index is 776. The number of hydrogen-bond donors (Lipinski definition) is 1. The van der Waals surface area contributed by atoms with Crippen LogP contribution >= 0.6 is 0 Å². The van der Waals surface area contributed by atoms with Crippen LogP contribution in [0.3, 0.4) is 0 Å². The van der Waals surface area contributed by atoms with Crippen molar-refractivity contribution in [1.82, 2.24) is 20.2 Å². The Hall–Kier alpha value is -2.01. The van der Waals surface area contributed by atoms with Crippen LogP contribution in [-0.2, 0) is 0 Å². The molecule has 1 saturated heterocycles. The Morgan fingerprint density at radius 3 is 2.38 bits per heavy atom. The Labute approximate surface area is 142 Å². The molecule has 1 aliphatic heterocycles. The molecule has 0 radical (unpaired) electrons. The predicted molar refractivity (Wildman–Crippen MR) is 94.1 cm³/mol. The van der Waals surface area contributed by atoms with E-state index in [1.165, 1.54) is 12.8 Å². The number of nitrogens with one attached hydrogen (secondary N) is 1. The highest BCUT2D eigenvalue weighted by atomic mass is 16.1. The van der Waals surface area contributed by atoms with Crippen LogP contribution in [0.15, 0.2) is 18.2 Å². The van der Waals surface area contributed by atoms with Gasteiger partial charge < -0.3 is 10.2 Å². The summed E-state index contributed by atoms with van der Waals surface area (Å²) >= 11 is 0. The van der Waals surface area contributed by atoms with Crippen LogP contribution in [0.5, 0.6) is 0 Å². The van der Waals surface area contributed by atoms with Gasteiger partial charge in [0.25, 0.3) is 5.91 Å². The highest BCUT2D eigenvalue weighted by molar-refractivity contribution is 5.97. The quantitative estimate of drug-likeness (QED) is 0.943. The second-order valence-electron chi connectivity index (χ2n) is 7.11. The molecule has 4 rings (SSSR count). The van der Waals surface area contributed by atoms with Crippen molar-refractivity contribution in [2.45, 2.75) is 51.6 Å². The maximum Gasteiger partial charge on any atom is 0.251 e. The molecule has 2 fully saturated rings. The number of rotatable bonds is 3. The highest BCUT2D eigenvalue weighted by Crippen LogP contribution is 2.29. The van der Waals surface area contributed by atoms with Crippen molar-refractivity contribution in [3.8, 4) is 0 Å². The maximum absolute atomic E-state index is 12.6. The van der Waals surface area contributed by atoms with Crippen molar-refractivity contribution in [3.63, 3.8) is 0 Å². The van der Waals surface area contributed by atoms with E-state index in [2.05, 4.69) is 20.2 Å². The number of aryl methyl sites for hydroxylation is 2. The van der Waals surface area contributed by atoms with Crippen molar-refractivity contribution in [3.05, 3.63) is 35.2 Å². The standard InChI is InChI=1S/C19H24N4O/c1-12-13(2)21-18-11-14(3-6-17(18)20-12)19(24)22-15-7-9-23(10-8-15)16-4-5-16/h3,6,11,15-16H,4-5,7-10H2,1-2H3,(H,22,24). The molecule has 5 heteroatoms. The lowest BCUT2D eigenvalue weighted by atomic mass is 10.0. The minimum atomic E-state index is 0.00167. The number of benzene rings is 1. The van der Waals surface area contributed by atoms with Crippen molar-refractivity contribution in [2.75, 3.05) is 13.1 Å². The molecule has 2 aliphatic rings. The second-order valence-corrected chi connectivity index (χ2v) is 7.11. The molecule has 2 heterocycles. The van der Waals surface area contributed by atoms with Crippen LogP contribution in [0, 0.1) is 13.8 Å². The van der Waals surface area contributed by atoms with Gasteiger partial charge in [0.15, 0.2) is 0 Å². The Morgan fingerprint density at radius 1 is 1.04 bits per heavy atom. The van der Waals surface area contributed by atoms with E-state index in [0.29, 0.717) is 5.56 Å². The van der Waals surface area contributed by atoms with E-state index in [1.807, 2.05) is 32.0 Å². The Balaban J connectivity index is 1.44. The average molecular weight is 324 g/mol. The van der Waals surface area contributed by atoms with Gasteiger partial charge in [0.05, 0.1) is 22.4 Å². The number of fused-ring (bicyclic) bond motifs is 1. The summed E-state index contributed by atoms with van der Waals surface area (Å²) in [5.41, 5.74) is 4.14. The normalized spacial score (nSPS) is 19.6. The van der Waals surface area contributed by atoms with Gasteiger partial charge in [-0.2, -0.15) is 0 Å². The first-order chi connectivity index (χ1) is 11.6. The molecule has 5 nitrogen and oxygen atoms in total. The fourth-order valence-corrected chi connectivity index (χ4v) is 3.49. The molecule has 24 heavy (non-hydrogen) atoms. The van der Waals surface area contributed by atoms with Crippen LogP contribution in [0.25, 0.3) is 11.0 Å². The molecule has 1 saturated carbocycles. The summed E-state index contributed by atoms with van der Waals surface area (Å²) < 4.78 is 0. The third-order valence-corrected chi connectivity index (χ3v) is 5.27. The van der Waals surface area contributed by atoms with E-state index >= 15 is 0 Å². The summed E-state index contributed by atoms with van der Waals surface area (Å²) in [5.74, 6) is 0.00167. The average Bonchev–Trinajstić information content (AvgIpc) is 3.41. The Morgan fingerprint density at radius 2 is 1.71 bits per heavy atom. The highest BCUT2D eigenvalue weighted by Gasteiger charge is 2.32. The van der Waals surface area contributed by atoms with Crippen LogP contribution in [0.1, 0.15) is 47.4 Å². The molecule has 0 spiro atoms. The molecule has 1 aromatic carbocycles. The molecular weight excluding hydrogens is 300 g/mol.